The van der Waals surface area contributed by atoms with Crippen LogP contribution in [0.3, 0.4) is 0 Å². The lowest BCUT2D eigenvalue weighted by Gasteiger charge is -2.03. The highest BCUT2D eigenvalue weighted by atomic mass is 32.1. The molecule has 4 N–H and O–H groups in total. The van der Waals surface area contributed by atoms with Gasteiger partial charge in [0.2, 0.25) is 11.9 Å². The van der Waals surface area contributed by atoms with Gasteiger partial charge in [-0.25, -0.2) is 4.79 Å². The Morgan fingerprint density at radius 1 is 1.30 bits per heavy atom. The third kappa shape index (κ3) is 3.21. The van der Waals surface area contributed by atoms with E-state index in [9.17, 15) is 4.79 Å². The van der Waals surface area contributed by atoms with Crippen LogP contribution in [0, 0.1) is 6.92 Å². The Morgan fingerprint density at radius 3 is 2.50 bits per heavy atom. The van der Waals surface area contributed by atoms with E-state index in [4.69, 9.17) is 16.2 Å². The van der Waals surface area contributed by atoms with Crippen LogP contribution in [0.25, 0.3) is 0 Å². The van der Waals surface area contributed by atoms with Gasteiger partial charge in [-0.15, -0.1) is 11.3 Å². The number of nitrogen functional groups attached to an aromatic ring is 2. The fraction of sp³-hybridized carbons (Fsp3) is 0.333. The van der Waals surface area contributed by atoms with Gasteiger partial charge in [0.05, 0.1) is 0 Å². The first-order valence-corrected chi connectivity index (χ1v) is 6.83. The van der Waals surface area contributed by atoms with E-state index >= 15 is 0 Å². The number of anilines is 2. The van der Waals surface area contributed by atoms with Gasteiger partial charge in [-0.1, -0.05) is 6.92 Å². The summed E-state index contributed by atoms with van der Waals surface area (Å²) in [5, 5.41) is 0. The van der Waals surface area contributed by atoms with Crippen LogP contribution >= 0.6 is 11.3 Å². The summed E-state index contributed by atoms with van der Waals surface area (Å²) in [5.41, 5.74) is 12.0. The summed E-state index contributed by atoms with van der Waals surface area (Å²) >= 11 is 1.41. The molecule has 0 aliphatic heterocycles. The molecule has 8 heteroatoms. The average Bonchev–Trinajstić information content (AvgIpc) is 2.76. The second-order valence-corrected chi connectivity index (χ2v) is 5.35. The number of nitrogens with zero attached hydrogens (tertiary/aromatic N) is 3. The maximum atomic E-state index is 11.9. The summed E-state index contributed by atoms with van der Waals surface area (Å²) < 4.78 is 5.14. The molecule has 0 amide bonds. The third-order valence-corrected chi connectivity index (χ3v) is 3.72. The Balaban J connectivity index is 2.04. The van der Waals surface area contributed by atoms with Gasteiger partial charge >= 0.3 is 5.97 Å². The third-order valence-electron chi connectivity index (χ3n) is 2.65. The minimum absolute atomic E-state index is 0.00351. The van der Waals surface area contributed by atoms with Crippen molar-refractivity contribution in [3.63, 3.8) is 0 Å². The Morgan fingerprint density at radius 2 is 1.95 bits per heavy atom. The Hall–Kier alpha value is -2.22. The van der Waals surface area contributed by atoms with Crippen LogP contribution in [0.2, 0.25) is 0 Å². The zero-order valence-electron chi connectivity index (χ0n) is 11.2. The van der Waals surface area contributed by atoms with E-state index in [2.05, 4.69) is 15.0 Å². The number of thiophene rings is 1. The number of rotatable bonds is 4. The van der Waals surface area contributed by atoms with Gasteiger partial charge in [-0.2, -0.15) is 15.0 Å². The van der Waals surface area contributed by atoms with E-state index in [1.165, 1.54) is 11.3 Å². The standard InChI is InChI=1S/C12H15N5O2S/c1-3-7-4-8(20-6(7)2)10(18)19-5-9-15-11(13)17-12(14)16-9/h4H,3,5H2,1-2H3,(H4,13,14,15,16,17). The Kier molecular flexibility index (Phi) is 4.14. The number of ether oxygens (including phenoxy) is 1. The molecule has 2 aromatic heterocycles. The van der Waals surface area contributed by atoms with Gasteiger partial charge in [0.1, 0.15) is 4.88 Å². The van der Waals surface area contributed by atoms with Crippen molar-refractivity contribution in [1.29, 1.82) is 0 Å². The molecule has 0 spiro atoms. The molecular weight excluding hydrogens is 278 g/mol. The molecule has 0 bridgehead atoms. The van der Waals surface area contributed by atoms with Crippen LogP contribution in [0.5, 0.6) is 0 Å². The maximum Gasteiger partial charge on any atom is 0.348 e. The van der Waals surface area contributed by atoms with Crippen molar-refractivity contribution in [1.82, 2.24) is 15.0 Å². The summed E-state index contributed by atoms with van der Waals surface area (Å²) in [4.78, 5) is 24.9. The summed E-state index contributed by atoms with van der Waals surface area (Å²) in [7, 11) is 0. The molecule has 0 radical (unpaired) electrons. The van der Waals surface area contributed by atoms with Gasteiger partial charge in [-0.05, 0) is 25.0 Å². The molecule has 20 heavy (non-hydrogen) atoms. The van der Waals surface area contributed by atoms with E-state index in [1.54, 1.807) is 0 Å². The van der Waals surface area contributed by atoms with Crippen LogP contribution < -0.4 is 11.5 Å². The molecule has 0 saturated heterocycles. The normalized spacial score (nSPS) is 10.5. The number of aromatic nitrogens is 3. The maximum absolute atomic E-state index is 11.9. The van der Waals surface area contributed by atoms with Gasteiger partial charge in [0.25, 0.3) is 0 Å². The van der Waals surface area contributed by atoms with E-state index < -0.39 is 5.97 Å². The number of nitrogens with two attached hydrogens (primary N) is 2. The van der Waals surface area contributed by atoms with Crippen molar-refractivity contribution >= 4 is 29.2 Å². The van der Waals surface area contributed by atoms with Crippen molar-refractivity contribution in [2.24, 2.45) is 0 Å². The number of hydrogen-bond acceptors (Lipinski definition) is 8. The van der Waals surface area contributed by atoms with Crippen molar-refractivity contribution in [2.45, 2.75) is 26.9 Å². The molecule has 0 atom stereocenters. The van der Waals surface area contributed by atoms with E-state index in [-0.39, 0.29) is 24.3 Å². The molecule has 0 fully saturated rings. The molecule has 106 valence electrons. The summed E-state index contributed by atoms with van der Waals surface area (Å²) in [5.74, 6) is -0.171. The Bertz CT molecular complexity index is 621. The SMILES string of the molecule is CCc1cc(C(=O)OCc2nc(N)nc(N)n2)sc1C. The average molecular weight is 293 g/mol. The molecule has 2 aromatic rings. The predicted molar refractivity (Wildman–Crippen MR) is 76.2 cm³/mol. The second kappa shape index (κ2) is 5.83. The van der Waals surface area contributed by atoms with E-state index in [0.29, 0.717) is 4.88 Å². The second-order valence-electron chi connectivity index (χ2n) is 4.09. The first kappa shape index (κ1) is 14.2. The summed E-state index contributed by atoms with van der Waals surface area (Å²) in [6.45, 7) is 3.93. The predicted octanol–water partition coefficient (Wildman–Crippen LogP) is 1.33. The zero-order valence-corrected chi connectivity index (χ0v) is 12.0. The van der Waals surface area contributed by atoms with Gasteiger partial charge in [0.15, 0.2) is 12.4 Å². The first-order chi connectivity index (χ1) is 9.49. The number of aryl methyl sites for hydroxylation is 2. The number of carbonyl (C=O) groups excluding carboxylic acids is 1. The molecule has 0 unspecified atom stereocenters. The van der Waals surface area contributed by atoms with Crippen molar-refractivity contribution in [3.8, 4) is 0 Å². The molecule has 0 aliphatic rings. The van der Waals surface area contributed by atoms with E-state index in [0.717, 1.165) is 16.9 Å². The highest BCUT2D eigenvalue weighted by Gasteiger charge is 2.14. The molecular formula is C12H15N5O2S. The Labute approximate surface area is 120 Å². The van der Waals surface area contributed by atoms with Crippen LogP contribution in [-0.2, 0) is 17.8 Å². The fourth-order valence-electron chi connectivity index (χ4n) is 1.69. The molecule has 2 rings (SSSR count). The lowest BCUT2D eigenvalue weighted by molar-refractivity contribution is 0.0468. The topological polar surface area (TPSA) is 117 Å². The number of esters is 1. The first-order valence-electron chi connectivity index (χ1n) is 6.02. The van der Waals surface area contributed by atoms with Crippen molar-refractivity contribution in [2.75, 3.05) is 11.5 Å². The van der Waals surface area contributed by atoms with Crippen LogP contribution in [0.15, 0.2) is 6.07 Å². The van der Waals surface area contributed by atoms with Crippen LogP contribution in [0.1, 0.15) is 32.9 Å². The molecule has 2 heterocycles. The number of hydrogen-bond donors (Lipinski definition) is 2. The minimum atomic E-state index is -0.407. The number of carbonyl (C=O) groups is 1. The van der Waals surface area contributed by atoms with Gasteiger partial charge < -0.3 is 16.2 Å². The van der Waals surface area contributed by atoms with E-state index in [1.807, 2.05) is 19.9 Å². The van der Waals surface area contributed by atoms with Crippen molar-refractivity contribution in [3.05, 3.63) is 27.2 Å². The highest BCUT2D eigenvalue weighted by Crippen LogP contribution is 2.22. The summed E-state index contributed by atoms with van der Waals surface area (Å²) in [6, 6.07) is 1.85. The quantitative estimate of drug-likeness (QED) is 0.816. The van der Waals surface area contributed by atoms with Crippen molar-refractivity contribution < 1.29 is 9.53 Å². The fourth-order valence-corrected chi connectivity index (χ4v) is 2.70. The van der Waals surface area contributed by atoms with Gasteiger partial charge in [0, 0.05) is 4.88 Å². The smallest absolute Gasteiger partial charge is 0.348 e. The molecule has 0 aliphatic carbocycles. The lowest BCUT2D eigenvalue weighted by Crippen LogP contribution is -2.10. The monoisotopic (exact) mass is 293 g/mol. The molecule has 7 nitrogen and oxygen atoms in total. The summed E-state index contributed by atoms with van der Waals surface area (Å²) in [6.07, 6.45) is 0.885. The largest absolute Gasteiger partial charge is 0.453 e. The highest BCUT2D eigenvalue weighted by molar-refractivity contribution is 7.14. The zero-order chi connectivity index (χ0) is 14.7. The lowest BCUT2D eigenvalue weighted by atomic mass is 10.2. The van der Waals surface area contributed by atoms with Crippen LogP contribution in [0.4, 0.5) is 11.9 Å². The van der Waals surface area contributed by atoms with Crippen LogP contribution in [-0.4, -0.2) is 20.9 Å². The minimum Gasteiger partial charge on any atom is -0.453 e. The molecule has 0 saturated carbocycles. The van der Waals surface area contributed by atoms with Gasteiger partial charge in [-0.3, -0.25) is 0 Å². The molecule has 0 aromatic carbocycles.